The summed E-state index contributed by atoms with van der Waals surface area (Å²) in [5, 5.41) is 15.7. The lowest BCUT2D eigenvalue weighted by molar-refractivity contribution is -0.384. The minimum absolute atomic E-state index is 0.0509. The highest BCUT2D eigenvalue weighted by molar-refractivity contribution is 7.15. The molecule has 2 heterocycles. The fraction of sp³-hybridized carbons (Fsp3) is 0. The van der Waals surface area contributed by atoms with Gasteiger partial charge in [0.05, 0.1) is 10.6 Å². The predicted molar refractivity (Wildman–Crippen MR) is 79.7 cm³/mol. The second-order valence-corrected chi connectivity index (χ2v) is 5.66. The molecule has 2 N–H and O–H groups in total. The molecule has 6 nitrogen and oxygen atoms in total. The normalized spacial score (nSPS) is 10.6. The Morgan fingerprint density at radius 3 is 2.65 bits per heavy atom. The Morgan fingerprint density at radius 1 is 1.15 bits per heavy atom. The van der Waals surface area contributed by atoms with Gasteiger partial charge in [0.15, 0.2) is 5.13 Å². The SMILES string of the molecule is Nc1nc(-c2nc(-c3cccc([N+](=O)[O-])c3)cs2)cs1. The summed E-state index contributed by atoms with van der Waals surface area (Å²) >= 11 is 2.79. The third kappa shape index (κ3) is 2.38. The van der Waals surface area contributed by atoms with E-state index in [1.807, 2.05) is 10.8 Å². The highest BCUT2D eigenvalue weighted by Gasteiger charge is 2.12. The molecule has 0 unspecified atom stereocenters. The van der Waals surface area contributed by atoms with Crippen molar-refractivity contribution in [3.8, 4) is 22.0 Å². The number of nitrogen functional groups attached to an aromatic ring is 1. The molecule has 3 aromatic rings. The van der Waals surface area contributed by atoms with Crippen LogP contribution < -0.4 is 5.73 Å². The quantitative estimate of drug-likeness (QED) is 0.591. The van der Waals surface area contributed by atoms with Crippen LogP contribution in [-0.2, 0) is 0 Å². The lowest BCUT2D eigenvalue weighted by Crippen LogP contribution is -1.88. The topological polar surface area (TPSA) is 94.9 Å². The molecule has 0 atom stereocenters. The summed E-state index contributed by atoms with van der Waals surface area (Å²) < 4.78 is 0. The number of aromatic nitrogens is 2. The van der Waals surface area contributed by atoms with Crippen molar-refractivity contribution in [3.05, 3.63) is 45.1 Å². The molecule has 0 aliphatic heterocycles. The Hall–Kier alpha value is -2.32. The molecule has 0 saturated heterocycles. The Morgan fingerprint density at radius 2 is 1.95 bits per heavy atom. The summed E-state index contributed by atoms with van der Waals surface area (Å²) in [5.74, 6) is 0. The van der Waals surface area contributed by atoms with Gasteiger partial charge in [0.2, 0.25) is 0 Å². The van der Waals surface area contributed by atoms with E-state index in [9.17, 15) is 10.1 Å². The molecule has 0 aliphatic carbocycles. The first kappa shape index (κ1) is 12.7. The molecule has 1 aromatic carbocycles. The fourth-order valence-electron chi connectivity index (χ4n) is 1.69. The van der Waals surface area contributed by atoms with Gasteiger partial charge < -0.3 is 5.73 Å². The molecule has 0 amide bonds. The summed E-state index contributed by atoms with van der Waals surface area (Å²) in [6, 6.07) is 6.40. The van der Waals surface area contributed by atoms with E-state index in [2.05, 4.69) is 9.97 Å². The molecule has 0 aliphatic rings. The Kier molecular flexibility index (Phi) is 3.17. The van der Waals surface area contributed by atoms with Crippen LogP contribution in [0.15, 0.2) is 35.0 Å². The van der Waals surface area contributed by atoms with Gasteiger partial charge in [0.25, 0.3) is 5.69 Å². The van der Waals surface area contributed by atoms with Crippen molar-refractivity contribution in [2.24, 2.45) is 0 Å². The van der Waals surface area contributed by atoms with Gasteiger partial charge in [-0.2, -0.15) is 0 Å². The van der Waals surface area contributed by atoms with Gasteiger partial charge in [-0.3, -0.25) is 10.1 Å². The van der Waals surface area contributed by atoms with Crippen LogP contribution in [0.2, 0.25) is 0 Å². The number of nitro groups is 1. The Labute approximate surface area is 121 Å². The number of nitro benzene ring substituents is 1. The maximum Gasteiger partial charge on any atom is 0.270 e. The molecular formula is C12H8N4O2S2. The molecule has 0 saturated carbocycles. The second-order valence-electron chi connectivity index (χ2n) is 3.92. The number of nitrogens with two attached hydrogens (primary N) is 1. The van der Waals surface area contributed by atoms with E-state index in [1.165, 1.54) is 34.8 Å². The number of hydrogen-bond acceptors (Lipinski definition) is 7. The number of thiazole rings is 2. The summed E-state index contributed by atoms with van der Waals surface area (Å²) in [5.41, 5.74) is 7.79. The van der Waals surface area contributed by atoms with Crippen LogP contribution in [0.3, 0.4) is 0 Å². The molecule has 0 fully saturated rings. The predicted octanol–water partition coefficient (Wildman–Crippen LogP) is 3.42. The second kappa shape index (κ2) is 4.99. The minimum Gasteiger partial charge on any atom is -0.375 e. The van der Waals surface area contributed by atoms with Crippen LogP contribution in [0, 0.1) is 10.1 Å². The van der Waals surface area contributed by atoms with E-state index in [4.69, 9.17) is 5.73 Å². The third-order valence-corrected chi connectivity index (χ3v) is 4.14. The zero-order valence-corrected chi connectivity index (χ0v) is 11.6. The minimum atomic E-state index is -0.419. The average molecular weight is 304 g/mol. The highest BCUT2D eigenvalue weighted by atomic mass is 32.1. The van der Waals surface area contributed by atoms with Crippen molar-refractivity contribution in [2.45, 2.75) is 0 Å². The van der Waals surface area contributed by atoms with E-state index >= 15 is 0 Å². The van der Waals surface area contributed by atoms with Crippen molar-refractivity contribution in [3.63, 3.8) is 0 Å². The summed E-state index contributed by atoms with van der Waals surface area (Å²) in [7, 11) is 0. The summed E-state index contributed by atoms with van der Waals surface area (Å²) in [6.45, 7) is 0. The number of benzene rings is 1. The molecule has 8 heteroatoms. The molecule has 100 valence electrons. The number of hydrogen-bond donors (Lipinski definition) is 1. The Bertz CT molecular complexity index is 781. The number of rotatable bonds is 3. The average Bonchev–Trinajstić information content (AvgIpc) is 3.07. The molecule has 0 radical (unpaired) electrons. The molecular weight excluding hydrogens is 296 g/mol. The first-order valence-corrected chi connectivity index (χ1v) is 7.31. The van der Waals surface area contributed by atoms with E-state index in [0.717, 1.165) is 10.7 Å². The van der Waals surface area contributed by atoms with Crippen LogP contribution in [0.4, 0.5) is 10.8 Å². The number of non-ortho nitro benzene ring substituents is 1. The lowest BCUT2D eigenvalue weighted by Gasteiger charge is -1.96. The number of anilines is 1. The molecule has 2 aromatic heterocycles. The van der Waals surface area contributed by atoms with Gasteiger partial charge in [0.1, 0.15) is 10.7 Å². The largest absolute Gasteiger partial charge is 0.375 e. The van der Waals surface area contributed by atoms with Gasteiger partial charge in [-0.1, -0.05) is 12.1 Å². The van der Waals surface area contributed by atoms with Crippen LogP contribution in [0.25, 0.3) is 22.0 Å². The first-order valence-electron chi connectivity index (χ1n) is 5.55. The van der Waals surface area contributed by atoms with Gasteiger partial charge in [-0.15, -0.1) is 22.7 Å². The van der Waals surface area contributed by atoms with Gasteiger partial charge in [-0.25, -0.2) is 9.97 Å². The van der Waals surface area contributed by atoms with Crippen molar-refractivity contribution in [1.82, 2.24) is 9.97 Å². The number of nitrogens with zero attached hydrogens (tertiary/aromatic N) is 3. The van der Waals surface area contributed by atoms with E-state index < -0.39 is 4.92 Å². The highest BCUT2D eigenvalue weighted by Crippen LogP contribution is 2.31. The monoisotopic (exact) mass is 304 g/mol. The van der Waals surface area contributed by atoms with Crippen LogP contribution in [0.5, 0.6) is 0 Å². The summed E-state index contributed by atoms with van der Waals surface area (Å²) in [4.78, 5) is 19.0. The van der Waals surface area contributed by atoms with Crippen LogP contribution >= 0.6 is 22.7 Å². The third-order valence-electron chi connectivity index (χ3n) is 2.60. The van der Waals surface area contributed by atoms with E-state index in [-0.39, 0.29) is 5.69 Å². The van der Waals surface area contributed by atoms with Gasteiger partial charge in [0, 0.05) is 28.5 Å². The molecule has 20 heavy (non-hydrogen) atoms. The van der Waals surface area contributed by atoms with Crippen molar-refractivity contribution in [1.29, 1.82) is 0 Å². The van der Waals surface area contributed by atoms with E-state index in [0.29, 0.717) is 16.4 Å². The Balaban J connectivity index is 1.98. The van der Waals surface area contributed by atoms with Crippen LogP contribution in [0.1, 0.15) is 0 Å². The maximum atomic E-state index is 10.8. The maximum absolute atomic E-state index is 10.8. The molecule has 0 bridgehead atoms. The summed E-state index contributed by atoms with van der Waals surface area (Å²) in [6.07, 6.45) is 0. The van der Waals surface area contributed by atoms with Gasteiger partial charge >= 0.3 is 0 Å². The molecule has 3 rings (SSSR count). The fourth-order valence-corrected chi connectivity index (χ4v) is 3.10. The van der Waals surface area contributed by atoms with Crippen LogP contribution in [-0.4, -0.2) is 14.9 Å². The smallest absolute Gasteiger partial charge is 0.270 e. The first-order chi connectivity index (χ1) is 9.63. The van der Waals surface area contributed by atoms with Crippen molar-refractivity contribution >= 4 is 33.5 Å². The lowest BCUT2D eigenvalue weighted by atomic mass is 10.1. The zero-order chi connectivity index (χ0) is 14.1. The van der Waals surface area contributed by atoms with Crippen molar-refractivity contribution < 1.29 is 4.92 Å². The van der Waals surface area contributed by atoms with Crippen molar-refractivity contribution in [2.75, 3.05) is 5.73 Å². The standard InChI is InChI=1S/C12H8N4O2S2/c13-12-15-10(6-20-12)11-14-9(5-19-11)7-2-1-3-8(4-7)16(17)18/h1-6H,(H2,13,15). The zero-order valence-electron chi connectivity index (χ0n) is 10.0. The van der Waals surface area contributed by atoms with E-state index in [1.54, 1.807) is 12.1 Å². The molecule has 0 spiro atoms. The van der Waals surface area contributed by atoms with Gasteiger partial charge in [-0.05, 0) is 0 Å².